The first kappa shape index (κ1) is 15.5. The van der Waals surface area contributed by atoms with Crippen molar-refractivity contribution in [2.45, 2.75) is 13.0 Å². The quantitative estimate of drug-likeness (QED) is 0.909. The summed E-state index contributed by atoms with van der Waals surface area (Å²) in [7, 11) is 2.09. The molecule has 1 fully saturated rings. The molecule has 0 saturated carbocycles. The van der Waals surface area contributed by atoms with Gasteiger partial charge in [-0.3, -0.25) is 4.79 Å². The maximum atomic E-state index is 12.2. The number of halogens is 1. The smallest absolute Gasteiger partial charge is 0.236 e. The molecule has 4 nitrogen and oxygen atoms in total. The van der Waals surface area contributed by atoms with Gasteiger partial charge < -0.3 is 15.1 Å². The third-order valence-corrected chi connectivity index (χ3v) is 4.51. The van der Waals surface area contributed by atoms with Crippen molar-refractivity contribution >= 4 is 21.8 Å². The number of carbonyl (C=O) groups is 1. The number of nitrogens with one attached hydrogen (secondary N) is 1. The number of hydrogen-bond acceptors (Lipinski definition) is 3. The molecule has 0 aromatic heterocycles. The summed E-state index contributed by atoms with van der Waals surface area (Å²) < 4.78 is 1.08. The predicted molar refractivity (Wildman–Crippen MR) is 84.6 cm³/mol. The van der Waals surface area contributed by atoms with Crippen molar-refractivity contribution in [2.24, 2.45) is 0 Å². The second kappa shape index (κ2) is 7.20. The van der Waals surface area contributed by atoms with Crippen molar-refractivity contribution in [1.29, 1.82) is 0 Å². The van der Waals surface area contributed by atoms with Crippen LogP contribution in [0.15, 0.2) is 28.7 Å². The molecule has 110 valence electrons. The van der Waals surface area contributed by atoms with Crippen LogP contribution in [0.4, 0.5) is 0 Å². The van der Waals surface area contributed by atoms with E-state index in [-0.39, 0.29) is 11.9 Å². The average molecular weight is 340 g/mol. The van der Waals surface area contributed by atoms with E-state index in [1.54, 1.807) is 0 Å². The molecule has 0 unspecified atom stereocenters. The first-order valence-corrected chi connectivity index (χ1v) is 7.81. The summed E-state index contributed by atoms with van der Waals surface area (Å²) in [6, 6.07) is 8.26. The van der Waals surface area contributed by atoms with Crippen molar-refractivity contribution in [3.8, 4) is 0 Å². The lowest BCUT2D eigenvalue weighted by atomic mass is 10.1. The fourth-order valence-electron chi connectivity index (χ4n) is 2.34. The highest BCUT2D eigenvalue weighted by Gasteiger charge is 2.19. The molecule has 5 heteroatoms. The van der Waals surface area contributed by atoms with Gasteiger partial charge in [0.2, 0.25) is 5.91 Å². The summed E-state index contributed by atoms with van der Waals surface area (Å²) in [5, 5.41) is 3.31. The van der Waals surface area contributed by atoms with Gasteiger partial charge in [-0.05, 0) is 25.6 Å². The van der Waals surface area contributed by atoms with Gasteiger partial charge in [0.15, 0.2) is 0 Å². The molecule has 1 amide bonds. The van der Waals surface area contributed by atoms with Crippen LogP contribution >= 0.6 is 15.9 Å². The van der Waals surface area contributed by atoms with E-state index in [2.05, 4.69) is 46.2 Å². The van der Waals surface area contributed by atoms with Crippen LogP contribution in [0.25, 0.3) is 0 Å². The maximum Gasteiger partial charge on any atom is 0.236 e. The van der Waals surface area contributed by atoms with Gasteiger partial charge >= 0.3 is 0 Å². The average Bonchev–Trinajstić information content (AvgIpc) is 2.45. The van der Waals surface area contributed by atoms with E-state index in [4.69, 9.17) is 0 Å². The second-order valence-electron chi connectivity index (χ2n) is 5.31. The minimum Gasteiger partial charge on any atom is -0.339 e. The molecule has 1 atom stereocenters. The third kappa shape index (κ3) is 4.04. The van der Waals surface area contributed by atoms with E-state index in [0.29, 0.717) is 6.54 Å². The predicted octanol–water partition coefficient (Wildman–Crippen LogP) is 1.87. The van der Waals surface area contributed by atoms with Crippen molar-refractivity contribution < 1.29 is 4.79 Å². The highest BCUT2D eigenvalue weighted by atomic mass is 79.9. The van der Waals surface area contributed by atoms with Gasteiger partial charge in [0.05, 0.1) is 6.54 Å². The highest BCUT2D eigenvalue weighted by molar-refractivity contribution is 9.10. The van der Waals surface area contributed by atoms with Gasteiger partial charge in [-0.1, -0.05) is 34.1 Å². The summed E-state index contributed by atoms with van der Waals surface area (Å²) in [6.07, 6.45) is 0. The normalized spacial score (nSPS) is 18.1. The van der Waals surface area contributed by atoms with E-state index in [1.165, 1.54) is 5.56 Å². The van der Waals surface area contributed by atoms with Crippen LogP contribution in [0.2, 0.25) is 0 Å². The first-order valence-electron chi connectivity index (χ1n) is 7.02. The maximum absolute atomic E-state index is 12.2. The summed E-state index contributed by atoms with van der Waals surface area (Å²) >= 11 is 3.55. The monoisotopic (exact) mass is 339 g/mol. The molecule has 1 aromatic carbocycles. The molecule has 1 N–H and O–H groups in total. The minimum atomic E-state index is 0.155. The van der Waals surface area contributed by atoms with Crippen LogP contribution in [0.1, 0.15) is 18.5 Å². The number of likely N-dealkylation sites (N-methyl/N-ethyl adjacent to an activating group) is 1. The molecule has 1 aromatic rings. The van der Waals surface area contributed by atoms with Crippen molar-refractivity contribution in [1.82, 2.24) is 15.1 Å². The number of rotatable bonds is 4. The van der Waals surface area contributed by atoms with Gasteiger partial charge in [0.25, 0.3) is 0 Å². The number of carbonyl (C=O) groups excluding carboxylic acids is 1. The van der Waals surface area contributed by atoms with Gasteiger partial charge in [0.1, 0.15) is 0 Å². The van der Waals surface area contributed by atoms with Crippen LogP contribution in [-0.4, -0.2) is 55.5 Å². The summed E-state index contributed by atoms with van der Waals surface area (Å²) in [6.45, 7) is 6.07. The minimum absolute atomic E-state index is 0.155. The molecule has 1 aliphatic rings. The molecule has 2 rings (SSSR count). The molecule has 1 saturated heterocycles. The molecular weight excluding hydrogens is 318 g/mol. The van der Waals surface area contributed by atoms with E-state index >= 15 is 0 Å². The van der Waals surface area contributed by atoms with Gasteiger partial charge in [-0.2, -0.15) is 0 Å². The zero-order valence-electron chi connectivity index (χ0n) is 12.1. The SMILES string of the molecule is C[C@H](NCC(=O)N1CCN(C)CC1)c1ccccc1Br. The van der Waals surface area contributed by atoms with Gasteiger partial charge in [-0.15, -0.1) is 0 Å². The van der Waals surface area contributed by atoms with Crippen LogP contribution < -0.4 is 5.32 Å². The Balaban J connectivity index is 1.83. The number of amides is 1. The summed E-state index contributed by atoms with van der Waals surface area (Å²) in [4.78, 5) is 16.4. The molecule has 20 heavy (non-hydrogen) atoms. The van der Waals surface area contributed by atoms with Crippen LogP contribution in [0.5, 0.6) is 0 Å². The van der Waals surface area contributed by atoms with E-state index in [0.717, 1.165) is 30.7 Å². The summed E-state index contributed by atoms with van der Waals surface area (Å²) in [5.74, 6) is 0.192. The second-order valence-corrected chi connectivity index (χ2v) is 6.16. The Labute approximate surface area is 129 Å². The topological polar surface area (TPSA) is 35.6 Å². The lowest BCUT2D eigenvalue weighted by Crippen LogP contribution is -2.49. The van der Waals surface area contributed by atoms with Crippen LogP contribution in [0, 0.1) is 0 Å². The Morgan fingerprint density at radius 1 is 1.30 bits per heavy atom. The Morgan fingerprint density at radius 2 is 1.95 bits per heavy atom. The number of hydrogen-bond donors (Lipinski definition) is 1. The Bertz CT molecular complexity index is 458. The lowest BCUT2D eigenvalue weighted by molar-refractivity contribution is -0.131. The standard InChI is InChI=1S/C15H22BrN3O/c1-12(13-5-3-4-6-14(13)16)17-11-15(20)19-9-7-18(2)8-10-19/h3-6,12,17H,7-11H2,1-2H3/t12-/m0/s1. The van der Waals surface area contributed by atoms with E-state index < -0.39 is 0 Å². The fraction of sp³-hybridized carbons (Fsp3) is 0.533. The molecule has 0 aliphatic carbocycles. The van der Waals surface area contributed by atoms with Crippen LogP contribution in [-0.2, 0) is 4.79 Å². The van der Waals surface area contributed by atoms with Crippen molar-refractivity contribution in [3.05, 3.63) is 34.3 Å². The Kier molecular flexibility index (Phi) is 5.57. The molecule has 1 aliphatic heterocycles. The van der Waals surface area contributed by atoms with E-state index in [1.807, 2.05) is 23.1 Å². The molecule has 0 radical (unpaired) electrons. The van der Waals surface area contributed by atoms with Gasteiger partial charge in [0, 0.05) is 36.7 Å². The Hall–Kier alpha value is -0.910. The zero-order chi connectivity index (χ0) is 14.5. The number of nitrogens with zero attached hydrogens (tertiary/aromatic N) is 2. The molecule has 0 spiro atoms. The highest BCUT2D eigenvalue weighted by Crippen LogP contribution is 2.22. The number of piperazine rings is 1. The molecule has 1 heterocycles. The zero-order valence-corrected chi connectivity index (χ0v) is 13.7. The molecular formula is C15H22BrN3O. The van der Waals surface area contributed by atoms with Crippen molar-refractivity contribution in [2.75, 3.05) is 39.8 Å². The largest absolute Gasteiger partial charge is 0.339 e. The number of benzene rings is 1. The lowest BCUT2D eigenvalue weighted by Gasteiger charge is -2.32. The van der Waals surface area contributed by atoms with Crippen molar-refractivity contribution in [3.63, 3.8) is 0 Å². The Morgan fingerprint density at radius 3 is 2.60 bits per heavy atom. The molecule has 0 bridgehead atoms. The van der Waals surface area contributed by atoms with E-state index in [9.17, 15) is 4.79 Å². The first-order chi connectivity index (χ1) is 9.58. The van der Waals surface area contributed by atoms with Gasteiger partial charge in [-0.25, -0.2) is 0 Å². The third-order valence-electron chi connectivity index (χ3n) is 3.79. The van der Waals surface area contributed by atoms with Crippen LogP contribution in [0.3, 0.4) is 0 Å². The fourth-order valence-corrected chi connectivity index (χ4v) is 2.97. The summed E-state index contributed by atoms with van der Waals surface area (Å²) in [5.41, 5.74) is 1.18.